The molecule has 0 aromatic heterocycles. The second kappa shape index (κ2) is 7.65. The standard InChI is InChI=1S/C11H24N2O2/c1-8(2)10(4)13-11(15)7-12-9(3)5-6-14/h8-10,12,14H,5-7H2,1-4H3,(H,13,15). The number of aliphatic hydroxyl groups is 1. The van der Waals surface area contributed by atoms with Crippen molar-refractivity contribution in [2.75, 3.05) is 13.2 Å². The molecule has 0 heterocycles. The third-order valence-electron chi connectivity index (χ3n) is 2.56. The van der Waals surface area contributed by atoms with Crippen molar-refractivity contribution >= 4 is 5.91 Å². The topological polar surface area (TPSA) is 61.4 Å². The first kappa shape index (κ1) is 14.4. The first-order chi connectivity index (χ1) is 6.97. The predicted octanol–water partition coefficient (Wildman–Crippen LogP) is 0.508. The summed E-state index contributed by atoms with van der Waals surface area (Å²) in [5.74, 6) is 0.463. The molecule has 0 fully saturated rings. The van der Waals surface area contributed by atoms with Crippen LogP contribution in [0.5, 0.6) is 0 Å². The molecule has 0 rings (SSSR count). The molecular weight excluding hydrogens is 192 g/mol. The quantitative estimate of drug-likeness (QED) is 0.581. The lowest BCUT2D eigenvalue weighted by atomic mass is 10.1. The summed E-state index contributed by atoms with van der Waals surface area (Å²) >= 11 is 0. The Kier molecular flexibility index (Phi) is 7.34. The fourth-order valence-corrected chi connectivity index (χ4v) is 1.03. The zero-order valence-corrected chi connectivity index (χ0v) is 10.2. The largest absolute Gasteiger partial charge is 0.396 e. The third kappa shape index (κ3) is 7.33. The maximum atomic E-state index is 11.4. The van der Waals surface area contributed by atoms with Crippen LogP contribution in [0.3, 0.4) is 0 Å². The van der Waals surface area contributed by atoms with Gasteiger partial charge in [-0.3, -0.25) is 4.79 Å². The smallest absolute Gasteiger partial charge is 0.234 e. The monoisotopic (exact) mass is 216 g/mol. The van der Waals surface area contributed by atoms with E-state index in [0.717, 1.165) is 0 Å². The fraction of sp³-hybridized carbons (Fsp3) is 0.909. The summed E-state index contributed by atoms with van der Waals surface area (Å²) < 4.78 is 0. The first-order valence-electron chi connectivity index (χ1n) is 5.61. The van der Waals surface area contributed by atoms with Gasteiger partial charge in [-0.1, -0.05) is 13.8 Å². The Balaban J connectivity index is 3.66. The van der Waals surface area contributed by atoms with E-state index in [2.05, 4.69) is 24.5 Å². The van der Waals surface area contributed by atoms with Crippen molar-refractivity contribution in [3.63, 3.8) is 0 Å². The molecule has 15 heavy (non-hydrogen) atoms. The Morgan fingerprint density at radius 3 is 2.33 bits per heavy atom. The molecule has 0 aromatic carbocycles. The van der Waals surface area contributed by atoms with E-state index in [4.69, 9.17) is 5.11 Å². The zero-order valence-electron chi connectivity index (χ0n) is 10.2. The minimum absolute atomic E-state index is 0.0148. The average Bonchev–Trinajstić information content (AvgIpc) is 2.15. The van der Waals surface area contributed by atoms with Crippen molar-refractivity contribution in [1.29, 1.82) is 0 Å². The second-order valence-corrected chi connectivity index (χ2v) is 4.39. The van der Waals surface area contributed by atoms with Gasteiger partial charge in [0.25, 0.3) is 0 Å². The molecular formula is C11H24N2O2. The maximum Gasteiger partial charge on any atom is 0.234 e. The molecule has 90 valence electrons. The lowest BCUT2D eigenvalue weighted by molar-refractivity contribution is -0.121. The Labute approximate surface area is 92.4 Å². The molecule has 3 N–H and O–H groups in total. The highest BCUT2D eigenvalue weighted by Crippen LogP contribution is 1.98. The van der Waals surface area contributed by atoms with E-state index in [1.54, 1.807) is 0 Å². The van der Waals surface area contributed by atoms with E-state index < -0.39 is 0 Å². The zero-order chi connectivity index (χ0) is 11.8. The van der Waals surface area contributed by atoms with Crippen LogP contribution in [0.4, 0.5) is 0 Å². The maximum absolute atomic E-state index is 11.4. The number of hydrogen-bond acceptors (Lipinski definition) is 3. The summed E-state index contributed by atoms with van der Waals surface area (Å²) in [5.41, 5.74) is 0. The summed E-state index contributed by atoms with van der Waals surface area (Å²) in [5, 5.41) is 14.6. The van der Waals surface area contributed by atoms with Crippen LogP contribution in [0.15, 0.2) is 0 Å². The van der Waals surface area contributed by atoms with Crippen LogP contribution >= 0.6 is 0 Å². The number of nitrogens with one attached hydrogen (secondary N) is 2. The van der Waals surface area contributed by atoms with Gasteiger partial charge in [0.1, 0.15) is 0 Å². The lowest BCUT2D eigenvalue weighted by Crippen LogP contribution is -2.43. The number of hydrogen-bond donors (Lipinski definition) is 3. The van der Waals surface area contributed by atoms with Gasteiger partial charge in [-0.15, -0.1) is 0 Å². The van der Waals surface area contributed by atoms with Crippen LogP contribution in [0, 0.1) is 5.92 Å². The van der Waals surface area contributed by atoms with Crippen LogP contribution in [0.1, 0.15) is 34.1 Å². The van der Waals surface area contributed by atoms with E-state index >= 15 is 0 Å². The number of rotatable bonds is 7. The number of carbonyl (C=O) groups is 1. The van der Waals surface area contributed by atoms with Crippen LogP contribution in [-0.4, -0.2) is 36.2 Å². The normalized spacial score (nSPS) is 15.1. The molecule has 0 radical (unpaired) electrons. The van der Waals surface area contributed by atoms with E-state index in [0.29, 0.717) is 18.9 Å². The highest BCUT2D eigenvalue weighted by molar-refractivity contribution is 5.78. The molecule has 4 heteroatoms. The van der Waals surface area contributed by atoms with Gasteiger partial charge in [0.05, 0.1) is 6.54 Å². The molecule has 0 bridgehead atoms. The van der Waals surface area contributed by atoms with Gasteiger partial charge in [0.15, 0.2) is 0 Å². The number of carbonyl (C=O) groups excluding carboxylic acids is 1. The Morgan fingerprint density at radius 1 is 1.27 bits per heavy atom. The van der Waals surface area contributed by atoms with Gasteiger partial charge >= 0.3 is 0 Å². The van der Waals surface area contributed by atoms with E-state index in [1.165, 1.54) is 0 Å². The van der Waals surface area contributed by atoms with Crippen LogP contribution in [0.25, 0.3) is 0 Å². The Hall–Kier alpha value is -0.610. The Bertz CT molecular complexity index is 183. The summed E-state index contributed by atoms with van der Waals surface area (Å²) in [6.45, 7) is 8.57. The van der Waals surface area contributed by atoms with Crippen LogP contribution in [0.2, 0.25) is 0 Å². The molecule has 0 saturated heterocycles. The minimum Gasteiger partial charge on any atom is -0.396 e. The van der Waals surface area contributed by atoms with Crippen molar-refractivity contribution < 1.29 is 9.90 Å². The van der Waals surface area contributed by atoms with Gasteiger partial charge in [0, 0.05) is 18.7 Å². The summed E-state index contributed by atoms with van der Waals surface area (Å²) in [6.07, 6.45) is 0.674. The molecule has 0 aliphatic carbocycles. The molecule has 0 aliphatic heterocycles. The van der Waals surface area contributed by atoms with Crippen molar-refractivity contribution in [2.45, 2.75) is 46.2 Å². The van der Waals surface area contributed by atoms with Crippen molar-refractivity contribution in [2.24, 2.45) is 5.92 Å². The first-order valence-corrected chi connectivity index (χ1v) is 5.61. The van der Waals surface area contributed by atoms with Gasteiger partial charge in [0.2, 0.25) is 5.91 Å². The van der Waals surface area contributed by atoms with E-state index in [9.17, 15) is 4.79 Å². The molecule has 0 spiro atoms. The van der Waals surface area contributed by atoms with Gasteiger partial charge in [-0.2, -0.15) is 0 Å². The van der Waals surface area contributed by atoms with Crippen molar-refractivity contribution in [1.82, 2.24) is 10.6 Å². The average molecular weight is 216 g/mol. The second-order valence-electron chi connectivity index (χ2n) is 4.39. The van der Waals surface area contributed by atoms with Crippen LogP contribution < -0.4 is 10.6 Å². The summed E-state index contributed by atoms with van der Waals surface area (Å²) in [4.78, 5) is 11.4. The summed E-state index contributed by atoms with van der Waals surface area (Å²) in [7, 11) is 0. The molecule has 0 aromatic rings. The minimum atomic E-state index is 0.0148. The highest BCUT2D eigenvalue weighted by Gasteiger charge is 2.11. The molecule has 2 unspecified atom stereocenters. The van der Waals surface area contributed by atoms with E-state index in [1.807, 2.05) is 13.8 Å². The molecule has 2 atom stereocenters. The number of amides is 1. The fourth-order valence-electron chi connectivity index (χ4n) is 1.03. The summed E-state index contributed by atoms with van der Waals surface area (Å²) in [6, 6.07) is 0.377. The third-order valence-corrected chi connectivity index (χ3v) is 2.56. The van der Waals surface area contributed by atoms with Crippen LogP contribution in [-0.2, 0) is 4.79 Å². The predicted molar refractivity (Wildman–Crippen MR) is 61.6 cm³/mol. The van der Waals surface area contributed by atoms with Gasteiger partial charge in [-0.25, -0.2) is 0 Å². The molecule has 4 nitrogen and oxygen atoms in total. The van der Waals surface area contributed by atoms with Crippen molar-refractivity contribution in [3.05, 3.63) is 0 Å². The molecule has 0 saturated carbocycles. The lowest BCUT2D eigenvalue weighted by Gasteiger charge is -2.18. The SMILES string of the molecule is CC(CCO)NCC(=O)NC(C)C(C)C. The van der Waals surface area contributed by atoms with E-state index in [-0.39, 0.29) is 24.6 Å². The molecule has 0 aliphatic rings. The Morgan fingerprint density at radius 2 is 1.87 bits per heavy atom. The van der Waals surface area contributed by atoms with Gasteiger partial charge in [-0.05, 0) is 26.2 Å². The van der Waals surface area contributed by atoms with Gasteiger partial charge < -0.3 is 15.7 Å². The van der Waals surface area contributed by atoms with Crippen molar-refractivity contribution in [3.8, 4) is 0 Å². The number of aliphatic hydroxyl groups excluding tert-OH is 1. The molecule has 1 amide bonds. The highest BCUT2D eigenvalue weighted by atomic mass is 16.3.